The Bertz CT molecular complexity index is 1020. The van der Waals surface area contributed by atoms with Crippen LogP contribution in [-0.2, 0) is 8.98 Å². The fourth-order valence-corrected chi connectivity index (χ4v) is 2.95. The zero-order valence-corrected chi connectivity index (χ0v) is 13.5. The van der Waals surface area contributed by atoms with Crippen molar-refractivity contribution in [3.63, 3.8) is 0 Å². The van der Waals surface area contributed by atoms with Gasteiger partial charge >= 0.3 is 17.3 Å². The molecule has 0 spiro atoms. The van der Waals surface area contributed by atoms with Crippen molar-refractivity contribution in [1.29, 1.82) is 0 Å². The summed E-state index contributed by atoms with van der Waals surface area (Å²) in [5, 5.41) is 1.48. The predicted octanol–water partition coefficient (Wildman–Crippen LogP) is -1.86. The van der Waals surface area contributed by atoms with Gasteiger partial charge in [-0.2, -0.15) is 0 Å². The minimum atomic E-state index is -0.741. The van der Waals surface area contributed by atoms with Crippen molar-refractivity contribution in [2.24, 2.45) is 0 Å². The highest BCUT2D eigenvalue weighted by molar-refractivity contribution is 7.93. The molecule has 2 aromatic rings. The van der Waals surface area contributed by atoms with E-state index < -0.39 is 34.5 Å². The van der Waals surface area contributed by atoms with Gasteiger partial charge in [-0.3, -0.25) is 24.6 Å². The average molecular weight is 367 g/mol. The molecule has 1 aliphatic rings. The molecule has 3 heterocycles. The van der Waals surface area contributed by atoms with Gasteiger partial charge in [-0.1, -0.05) is 0 Å². The van der Waals surface area contributed by atoms with Crippen LogP contribution in [0.15, 0.2) is 43.7 Å². The molecule has 1 fully saturated rings. The summed E-state index contributed by atoms with van der Waals surface area (Å²) in [6.07, 6.45) is 3.56. The number of rotatable bonds is 4. The summed E-state index contributed by atoms with van der Waals surface area (Å²) in [4.78, 5) is 62.0. The molecule has 2 N–H and O–H groups in total. The summed E-state index contributed by atoms with van der Waals surface area (Å²) < 4.78 is 7.14. The fourth-order valence-electron chi connectivity index (χ4n) is 2.46. The lowest BCUT2D eigenvalue weighted by atomic mass is 10.2. The molecule has 0 aromatic carbocycles. The maximum absolute atomic E-state index is 12.3. The molecule has 132 valence electrons. The van der Waals surface area contributed by atoms with Crippen LogP contribution in [0.4, 0.5) is 0 Å². The predicted molar refractivity (Wildman–Crippen MR) is 87.8 cm³/mol. The topological polar surface area (TPSA) is 139 Å². The van der Waals surface area contributed by atoms with Crippen molar-refractivity contribution >= 4 is 18.2 Å². The summed E-state index contributed by atoms with van der Waals surface area (Å²) in [5.74, 6) is -0.654. The minimum absolute atomic E-state index is 0.426. The first-order valence-corrected chi connectivity index (χ1v) is 7.95. The molecule has 0 radical (unpaired) electrons. The van der Waals surface area contributed by atoms with Gasteiger partial charge < -0.3 is 4.18 Å². The molecule has 2 aromatic heterocycles. The number of aromatic nitrogens is 4. The smallest absolute Gasteiger partial charge is 0.347 e. The number of carbonyl (C=O) groups is 1. The highest BCUT2D eigenvalue weighted by Gasteiger charge is 2.33. The standard InChI is InChI=1S/C13H13N5O6S/c19-9-3-6-17(12(22)14-9)16-5-1-2-8(16)11(21)24-25-18-7-4-10(20)15-13(18)23/h3-4,6-8H,1-2,5H2,(H,14,19,22)(H,15,20,23). The van der Waals surface area contributed by atoms with Crippen LogP contribution in [0.3, 0.4) is 0 Å². The van der Waals surface area contributed by atoms with E-state index in [4.69, 9.17) is 4.18 Å². The summed E-state index contributed by atoms with van der Waals surface area (Å²) in [7, 11) is 0. The Morgan fingerprint density at radius 2 is 1.76 bits per heavy atom. The lowest BCUT2D eigenvalue weighted by Crippen LogP contribution is -2.50. The fraction of sp³-hybridized carbons (Fsp3) is 0.308. The van der Waals surface area contributed by atoms with Crippen LogP contribution in [-0.4, -0.2) is 37.2 Å². The van der Waals surface area contributed by atoms with Gasteiger partial charge in [-0.15, -0.1) is 0 Å². The number of nitrogens with zero attached hydrogens (tertiary/aromatic N) is 3. The minimum Gasteiger partial charge on any atom is -0.367 e. The van der Waals surface area contributed by atoms with Crippen molar-refractivity contribution in [2.45, 2.75) is 18.9 Å². The van der Waals surface area contributed by atoms with Crippen LogP contribution in [0.2, 0.25) is 0 Å². The second kappa shape index (κ2) is 6.84. The maximum atomic E-state index is 12.3. The highest BCUT2D eigenvalue weighted by Crippen LogP contribution is 2.18. The number of carbonyl (C=O) groups excluding carboxylic acids is 1. The summed E-state index contributed by atoms with van der Waals surface area (Å²) >= 11 is 0.467. The van der Waals surface area contributed by atoms with Crippen molar-refractivity contribution in [3.05, 3.63) is 66.2 Å². The average Bonchev–Trinajstić information content (AvgIpc) is 3.03. The molecular formula is C13H13N5O6S. The Labute approximate surface area is 143 Å². The van der Waals surface area contributed by atoms with E-state index >= 15 is 0 Å². The molecule has 0 amide bonds. The Morgan fingerprint density at radius 3 is 2.44 bits per heavy atom. The highest BCUT2D eigenvalue weighted by atomic mass is 32.2. The van der Waals surface area contributed by atoms with Crippen molar-refractivity contribution in [1.82, 2.24) is 18.6 Å². The van der Waals surface area contributed by atoms with E-state index in [1.165, 1.54) is 23.5 Å². The molecule has 25 heavy (non-hydrogen) atoms. The Kier molecular flexibility index (Phi) is 4.61. The SMILES string of the molecule is O=C(OSn1ccc(=O)[nH]c1=O)C1CCCN1n1ccc(=O)[nH]c1=O. The molecule has 1 aliphatic heterocycles. The molecular weight excluding hydrogens is 354 g/mol. The van der Waals surface area contributed by atoms with Gasteiger partial charge in [-0.05, 0) is 12.8 Å². The molecule has 12 heteroatoms. The van der Waals surface area contributed by atoms with E-state index in [9.17, 15) is 24.0 Å². The lowest BCUT2D eigenvalue weighted by Gasteiger charge is -2.25. The number of hydrogen-bond acceptors (Lipinski definition) is 8. The van der Waals surface area contributed by atoms with Gasteiger partial charge in [-0.25, -0.2) is 23.0 Å². The summed E-state index contributed by atoms with van der Waals surface area (Å²) in [5.41, 5.74) is -2.48. The first-order valence-electron chi connectivity index (χ1n) is 7.25. The first kappa shape index (κ1) is 16.8. The molecule has 1 atom stereocenters. The quantitative estimate of drug-likeness (QED) is 0.600. The van der Waals surface area contributed by atoms with Gasteiger partial charge in [0.05, 0.1) is 0 Å². The summed E-state index contributed by atoms with van der Waals surface area (Å²) in [6, 6.07) is 1.55. The van der Waals surface area contributed by atoms with Crippen LogP contribution < -0.4 is 27.5 Å². The van der Waals surface area contributed by atoms with Gasteiger partial charge in [0.15, 0.2) is 12.2 Å². The molecule has 3 rings (SSSR count). The molecule has 0 saturated carbocycles. The van der Waals surface area contributed by atoms with Gasteiger partial charge in [0.25, 0.3) is 11.1 Å². The molecule has 11 nitrogen and oxygen atoms in total. The van der Waals surface area contributed by atoms with E-state index in [-0.39, 0.29) is 0 Å². The summed E-state index contributed by atoms with van der Waals surface area (Å²) in [6.45, 7) is 0.426. The lowest BCUT2D eigenvalue weighted by molar-refractivity contribution is -0.134. The van der Waals surface area contributed by atoms with E-state index in [0.29, 0.717) is 31.6 Å². The van der Waals surface area contributed by atoms with Crippen LogP contribution in [0.25, 0.3) is 0 Å². The van der Waals surface area contributed by atoms with E-state index in [1.54, 1.807) is 0 Å². The van der Waals surface area contributed by atoms with Crippen LogP contribution >= 0.6 is 12.2 Å². The molecule has 1 unspecified atom stereocenters. The first-order chi connectivity index (χ1) is 12.0. The van der Waals surface area contributed by atoms with E-state index in [1.807, 2.05) is 4.98 Å². The second-order valence-corrected chi connectivity index (χ2v) is 5.90. The number of H-pyrrole nitrogens is 2. The Balaban J connectivity index is 1.74. The van der Waals surface area contributed by atoms with Crippen LogP contribution in [0.5, 0.6) is 0 Å². The van der Waals surface area contributed by atoms with Gasteiger partial charge in [0, 0.05) is 31.1 Å². The monoisotopic (exact) mass is 367 g/mol. The maximum Gasteiger partial charge on any atom is 0.347 e. The zero-order chi connectivity index (χ0) is 18.0. The number of hydrogen-bond donors (Lipinski definition) is 2. The molecule has 0 bridgehead atoms. The molecule has 0 aliphatic carbocycles. The Hall–Kier alpha value is -3.02. The number of nitrogens with one attached hydrogen (secondary N) is 2. The normalized spacial score (nSPS) is 16.8. The molecule has 1 saturated heterocycles. The Morgan fingerprint density at radius 1 is 1.08 bits per heavy atom. The number of aromatic amines is 2. The van der Waals surface area contributed by atoms with Gasteiger partial charge in [0.2, 0.25) is 0 Å². The van der Waals surface area contributed by atoms with Crippen molar-refractivity contribution in [3.8, 4) is 0 Å². The largest absolute Gasteiger partial charge is 0.367 e. The third-order valence-electron chi connectivity index (χ3n) is 3.57. The zero-order valence-electron chi connectivity index (χ0n) is 12.7. The van der Waals surface area contributed by atoms with Gasteiger partial charge in [0.1, 0.15) is 6.04 Å². The van der Waals surface area contributed by atoms with Crippen molar-refractivity contribution in [2.75, 3.05) is 11.6 Å². The second-order valence-electron chi connectivity index (χ2n) is 5.19. The third kappa shape index (κ3) is 3.57. The third-order valence-corrected chi connectivity index (χ3v) is 4.26. The van der Waals surface area contributed by atoms with Crippen molar-refractivity contribution < 1.29 is 8.98 Å². The van der Waals surface area contributed by atoms with Crippen LogP contribution in [0, 0.1) is 0 Å². The van der Waals surface area contributed by atoms with E-state index in [0.717, 1.165) is 14.7 Å². The van der Waals surface area contributed by atoms with Crippen LogP contribution in [0.1, 0.15) is 12.8 Å². The van der Waals surface area contributed by atoms with E-state index in [2.05, 4.69) is 4.98 Å².